The molecule has 10 N–H and O–H groups in total. The van der Waals surface area contributed by atoms with Crippen molar-refractivity contribution >= 4 is 25.6 Å². The summed E-state index contributed by atoms with van der Waals surface area (Å²) in [5.74, 6) is 0. The predicted molar refractivity (Wildman–Crippen MR) is 36.4 cm³/mol. The van der Waals surface area contributed by atoms with Crippen LogP contribution in [-0.2, 0) is 4.57 Å². The standard InChI is InChI=1S/Al.HO3P.4H2O.3H/c;1-4(2)3;;;;;;;/h;(H-,1,2,3);4*1H2;;;/p+1. The molecule has 9 heavy (non-hydrogen) atoms. The molecule has 0 amide bonds. The van der Waals surface area contributed by atoms with Crippen LogP contribution in [0.4, 0.5) is 0 Å². The lowest BCUT2D eigenvalue weighted by atomic mass is 15.8. The molecule has 0 radical (unpaired) electrons. The summed E-state index contributed by atoms with van der Waals surface area (Å²) < 4.78 is 8.70. The normalized spacial score (nSPS) is 2.89. The van der Waals surface area contributed by atoms with Crippen LogP contribution in [0.1, 0.15) is 0 Å². The summed E-state index contributed by atoms with van der Waals surface area (Å²) >= 11 is 0. The molecule has 0 aliphatic carbocycles. The molecule has 7 nitrogen and oxygen atoms in total. The fourth-order valence-electron chi connectivity index (χ4n) is 0. The van der Waals surface area contributed by atoms with E-state index in [1.165, 1.54) is 0 Å². The quantitative estimate of drug-likeness (QED) is 0.282. The molecule has 0 atom stereocenters. The summed E-state index contributed by atoms with van der Waals surface area (Å²) in [6.45, 7) is 0. The Kier molecular flexibility index (Phi) is 255. The second-order valence-electron chi connectivity index (χ2n) is 0.253. The van der Waals surface area contributed by atoms with Crippen LogP contribution in [0.3, 0.4) is 0 Å². The molecule has 0 aromatic heterocycles. The lowest BCUT2D eigenvalue weighted by molar-refractivity contribution is 0.405. The van der Waals surface area contributed by atoms with Crippen molar-refractivity contribution in [2.45, 2.75) is 0 Å². The molecule has 0 saturated heterocycles. The summed E-state index contributed by atoms with van der Waals surface area (Å²) in [5.41, 5.74) is 0. The highest BCUT2D eigenvalue weighted by Gasteiger charge is 1.93. The van der Waals surface area contributed by atoms with Crippen LogP contribution < -0.4 is 0 Å². The summed E-state index contributed by atoms with van der Waals surface area (Å²) in [6.07, 6.45) is 0. The van der Waals surface area contributed by atoms with E-state index < -0.39 is 8.25 Å². The van der Waals surface area contributed by atoms with Crippen LogP contribution in [0, 0.1) is 0 Å². The largest absolute Gasteiger partial charge is 0.692 e. The van der Waals surface area contributed by atoms with E-state index in [-0.39, 0.29) is 39.3 Å². The van der Waals surface area contributed by atoms with Crippen molar-refractivity contribution in [1.29, 1.82) is 0 Å². The van der Waals surface area contributed by atoms with Crippen LogP contribution >= 0.6 is 8.25 Å². The van der Waals surface area contributed by atoms with Gasteiger partial charge in [-0.25, -0.2) is 0 Å². The maximum atomic E-state index is 8.70. The predicted octanol–water partition coefficient (Wildman–Crippen LogP) is -4.85. The SMILES string of the molecule is O.O.O.O.O=[P+](O)O.[AlH3]. The Morgan fingerprint density at radius 1 is 0.889 bits per heavy atom. The molecular formula is H13AlO7P+. The van der Waals surface area contributed by atoms with Gasteiger partial charge in [0.1, 0.15) is 0 Å². The fourth-order valence-corrected chi connectivity index (χ4v) is 0. The van der Waals surface area contributed by atoms with Crippen molar-refractivity contribution in [3.8, 4) is 0 Å². The topological polar surface area (TPSA) is 184 Å². The van der Waals surface area contributed by atoms with Crippen molar-refractivity contribution in [3.63, 3.8) is 0 Å². The highest BCUT2D eigenvalue weighted by Crippen LogP contribution is 1.98. The van der Waals surface area contributed by atoms with Crippen LogP contribution in [-0.4, -0.2) is 49.1 Å². The highest BCUT2D eigenvalue weighted by atomic mass is 31.1. The third-order valence-electron chi connectivity index (χ3n) is 0. The Labute approximate surface area is 62.6 Å². The lowest BCUT2D eigenvalue weighted by Gasteiger charge is -1.34. The maximum absolute atomic E-state index is 8.70. The number of hydrogen-bond acceptors (Lipinski definition) is 1. The highest BCUT2D eigenvalue weighted by molar-refractivity contribution is 7.30. The minimum absolute atomic E-state index is 0. The zero-order chi connectivity index (χ0) is 3.58. The molecule has 9 heteroatoms. The molecule has 0 heterocycles. The van der Waals surface area contributed by atoms with E-state index >= 15 is 0 Å². The zero-order valence-corrected chi connectivity index (χ0v) is 4.64. The van der Waals surface area contributed by atoms with Gasteiger partial charge in [0.25, 0.3) is 0 Å². The molecular weight excluding hydrogens is 170 g/mol. The summed E-state index contributed by atoms with van der Waals surface area (Å²) in [6, 6.07) is 0. The van der Waals surface area contributed by atoms with Crippen LogP contribution in [0.15, 0.2) is 0 Å². The van der Waals surface area contributed by atoms with Crippen molar-refractivity contribution in [1.82, 2.24) is 0 Å². The first-order valence-electron chi connectivity index (χ1n) is 0.583. The van der Waals surface area contributed by atoms with Crippen LogP contribution in [0.5, 0.6) is 0 Å². The van der Waals surface area contributed by atoms with Gasteiger partial charge in [0.15, 0.2) is 17.4 Å². The first kappa shape index (κ1) is 57.5. The third kappa shape index (κ3) is 2230. The first-order chi connectivity index (χ1) is 1.73. The molecule has 0 aromatic rings. The second kappa shape index (κ2) is 39.9. The Morgan fingerprint density at radius 3 is 0.889 bits per heavy atom. The summed E-state index contributed by atoms with van der Waals surface area (Å²) in [7, 11) is -2.87. The smallest absolute Gasteiger partial charge is 0.412 e. The minimum atomic E-state index is -2.87. The molecule has 0 aliphatic heterocycles. The molecule has 0 spiro atoms. The Hall–Kier alpha value is 0.392. The average molecular weight is 183 g/mol. The van der Waals surface area contributed by atoms with Gasteiger partial charge in [-0.3, -0.25) is 0 Å². The van der Waals surface area contributed by atoms with Gasteiger partial charge >= 0.3 is 8.25 Å². The van der Waals surface area contributed by atoms with E-state index in [0.29, 0.717) is 0 Å². The molecule has 0 fully saturated rings. The van der Waals surface area contributed by atoms with Gasteiger partial charge in [-0.15, -0.1) is 9.79 Å². The zero-order valence-electron chi connectivity index (χ0n) is 3.75. The van der Waals surface area contributed by atoms with Crippen molar-refractivity contribution < 1.29 is 36.3 Å². The summed E-state index contributed by atoms with van der Waals surface area (Å²) in [5, 5.41) is 0. The van der Waals surface area contributed by atoms with Crippen LogP contribution in [0.25, 0.3) is 0 Å². The first-order valence-corrected chi connectivity index (χ1v) is 1.75. The molecule has 0 aromatic carbocycles. The third-order valence-corrected chi connectivity index (χ3v) is 0. The van der Waals surface area contributed by atoms with Crippen molar-refractivity contribution in [2.24, 2.45) is 0 Å². The average Bonchev–Trinajstić information content (AvgIpc) is 0.811. The maximum Gasteiger partial charge on any atom is 0.692 e. The van der Waals surface area contributed by atoms with E-state index in [0.717, 1.165) is 0 Å². The van der Waals surface area contributed by atoms with E-state index in [4.69, 9.17) is 14.4 Å². The van der Waals surface area contributed by atoms with Gasteiger partial charge in [-0.1, -0.05) is 0 Å². The van der Waals surface area contributed by atoms with Gasteiger partial charge < -0.3 is 21.9 Å². The van der Waals surface area contributed by atoms with Crippen LogP contribution in [0.2, 0.25) is 0 Å². The number of hydrogen-bond donors (Lipinski definition) is 2. The minimum Gasteiger partial charge on any atom is -0.412 e. The lowest BCUT2D eigenvalue weighted by Crippen LogP contribution is -1.38. The molecule has 0 rings (SSSR count). The van der Waals surface area contributed by atoms with Gasteiger partial charge in [-0.2, -0.15) is 0 Å². The van der Waals surface area contributed by atoms with E-state index in [2.05, 4.69) is 0 Å². The van der Waals surface area contributed by atoms with Gasteiger partial charge in [0, 0.05) is 4.57 Å². The van der Waals surface area contributed by atoms with Crippen molar-refractivity contribution in [3.05, 3.63) is 0 Å². The van der Waals surface area contributed by atoms with E-state index in [1.807, 2.05) is 0 Å². The number of rotatable bonds is 0. The van der Waals surface area contributed by atoms with Gasteiger partial charge in [-0.05, 0) is 0 Å². The Bertz CT molecular complexity index is 31.9. The molecule has 0 unspecified atom stereocenters. The van der Waals surface area contributed by atoms with Gasteiger partial charge in [0.2, 0.25) is 0 Å². The van der Waals surface area contributed by atoms with E-state index in [1.54, 1.807) is 0 Å². The molecule has 0 saturated carbocycles. The molecule has 0 aliphatic rings. The van der Waals surface area contributed by atoms with Crippen molar-refractivity contribution in [2.75, 3.05) is 0 Å². The molecule has 62 valence electrons. The Morgan fingerprint density at radius 2 is 0.889 bits per heavy atom. The van der Waals surface area contributed by atoms with E-state index in [9.17, 15) is 0 Å². The Balaban J connectivity index is -0.00000000450. The molecule has 0 bridgehead atoms. The fraction of sp³-hybridized carbons (Fsp3) is 0. The van der Waals surface area contributed by atoms with Gasteiger partial charge in [0.05, 0.1) is 0 Å². The second-order valence-corrected chi connectivity index (χ2v) is 0.758. The summed E-state index contributed by atoms with van der Waals surface area (Å²) in [4.78, 5) is 14.2. The monoisotopic (exact) mass is 183 g/mol.